The maximum absolute atomic E-state index is 6.08. The van der Waals surface area contributed by atoms with Crippen LogP contribution in [-0.2, 0) is 13.0 Å². The standard InChI is InChI=1S/C10H18ClN3/c1-3-5-6-7-8-14-10(11)9(4-2)12-13-14/h3-8H2,1-2H3. The van der Waals surface area contributed by atoms with Gasteiger partial charge in [-0.2, -0.15) is 0 Å². The number of halogens is 1. The Kier molecular flexibility index (Phi) is 4.94. The van der Waals surface area contributed by atoms with Crippen molar-refractivity contribution < 1.29 is 0 Å². The van der Waals surface area contributed by atoms with Crippen molar-refractivity contribution in [2.45, 2.75) is 52.5 Å². The number of rotatable bonds is 6. The first-order valence-electron chi connectivity index (χ1n) is 5.37. The molecule has 0 saturated carbocycles. The van der Waals surface area contributed by atoms with Crippen molar-refractivity contribution in [1.82, 2.24) is 15.0 Å². The highest BCUT2D eigenvalue weighted by Crippen LogP contribution is 2.14. The van der Waals surface area contributed by atoms with Gasteiger partial charge in [-0.1, -0.05) is 49.9 Å². The third-order valence-electron chi connectivity index (χ3n) is 2.30. The summed E-state index contributed by atoms with van der Waals surface area (Å²) in [6.07, 6.45) is 5.78. The molecule has 0 spiro atoms. The number of hydrogen-bond acceptors (Lipinski definition) is 2. The van der Waals surface area contributed by atoms with E-state index in [0.29, 0.717) is 5.15 Å². The van der Waals surface area contributed by atoms with E-state index in [-0.39, 0.29) is 0 Å². The molecule has 1 aromatic heterocycles. The van der Waals surface area contributed by atoms with Crippen LogP contribution in [0.1, 0.15) is 45.2 Å². The van der Waals surface area contributed by atoms with Gasteiger partial charge in [0.05, 0.1) is 0 Å². The third kappa shape index (κ3) is 2.98. The van der Waals surface area contributed by atoms with Crippen molar-refractivity contribution in [1.29, 1.82) is 0 Å². The van der Waals surface area contributed by atoms with E-state index in [1.807, 2.05) is 6.92 Å². The van der Waals surface area contributed by atoms with E-state index in [2.05, 4.69) is 17.2 Å². The van der Waals surface area contributed by atoms with Crippen LogP contribution >= 0.6 is 11.6 Å². The number of hydrogen-bond donors (Lipinski definition) is 0. The highest BCUT2D eigenvalue weighted by atomic mass is 35.5. The minimum absolute atomic E-state index is 0.712. The summed E-state index contributed by atoms with van der Waals surface area (Å²) in [5.74, 6) is 0. The monoisotopic (exact) mass is 215 g/mol. The van der Waals surface area contributed by atoms with Crippen molar-refractivity contribution in [3.63, 3.8) is 0 Å². The SMILES string of the molecule is CCCCCCn1nnc(CC)c1Cl. The van der Waals surface area contributed by atoms with Crippen LogP contribution < -0.4 is 0 Å². The Morgan fingerprint density at radius 2 is 2.00 bits per heavy atom. The summed E-state index contributed by atoms with van der Waals surface area (Å²) < 4.78 is 1.80. The normalized spacial score (nSPS) is 10.8. The van der Waals surface area contributed by atoms with Gasteiger partial charge in [0.2, 0.25) is 0 Å². The maximum atomic E-state index is 6.08. The Hall–Kier alpha value is -0.570. The van der Waals surface area contributed by atoms with Gasteiger partial charge in [-0.15, -0.1) is 5.10 Å². The first-order valence-corrected chi connectivity index (χ1v) is 5.75. The van der Waals surface area contributed by atoms with Gasteiger partial charge in [0.1, 0.15) is 10.8 Å². The molecule has 0 bridgehead atoms. The number of unbranched alkanes of at least 4 members (excludes halogenated alkanes) is 3. The van der Waals surface area contributed by atoms with Crippen LogP contribution in [0.3, 0.4) is 0 Å². The minimum Gasteiger partial charge on any atom is -0.234 e. The molecule has 0 amide bonds. The fourth-order valence-corrected chi connectivity index (χ4v) is 1.68. The lowest BCUT2D eigenvalue weighted by atomic mass is 10.2. The molecule has 1 rings (SSSR count). The molecule has 4 heteroatoms. The zero-order chi connectivity index (χ0) is 10.4. The Morgan fingerprint density at radius 1 is 1.21 bits per heavy atom. The minimum atomic E-state index is 0.712. The largest absolute Gasteiger partial charge is 0.234 e. The Morgan fingerprint density at radius 3 is 2.57 bits per heavy atom. The van der Waals surface area contributed by atoms with Gasteiger partial charge >= 0.3 is 0 Å². The molecule has 3 nitrogen and oxygen atoms in total. The van der Waals surface area contributed by atoms with Crippen LogP contribution in [-0.4, -0.2) is 15.0 Å². The van der Waals surface area contributed by atoms with Crippen LogP contribution in [0.2, 0.25) is 5.15 Å². The zero-order valence-corrected chi connectivity index (χ0v) is 9.72. The van der Waals surface area contributed by atoms with E-state index < -0.39 is 0 Å². The predicted octanol–water partition coefficient (Wildman–Crippen LogP) is 3.07. The fraction of sp³-hybridized carbons (Fsp3) is 0.800. The summed E-state index contributed by atoms with van der Waals surface area (Å²) in [5.41, 5.74) is 0.905. The Balaban J connectivity index is 2.39. The van der Waals surface area contributed by atoms with E-state index in [1.54, 1.807) is 4.68 Å². The third-order valence-corrected chi connectivity index (χ3v) is 2.71. The van der Waals surface area contributed by atoms with Crippen LogP contribution in [0.15, 0.2) is 0 Å². The molecule has 0 atom stereocenters. The lowest BCUT2D eigenvalue weighted by Crippen LogP contribution is -2.00. The van der Waals surface area contributed by atoms with Crippen molar-refractivity contribution in [3.05, 3.63) is 10.8 Å². The summed E-state index contributed by atoms with van der Waals surface area (Å²) in [6, 6.07) is 0. The molecule has 0 aromatic carbocycles. The molecule has 0 saturated heterocycles. The summed E-state index contributed by atoms with van der Waals surface area (Å²) in [6.45, 7) is 5.14. The lowest BCUT2D eigenvalue weighted by molar-refractivity contribution is 0.528. The molecule has 14 heavy (non-hydrogen) atoms. The Labute approximate surface area is 90.4 Å². The van der Waals surface area contributed by atoms with Gasteiger partial charge in [0.15, 0.2) is 0 Å². The highest BCUT2D eigenvalue weighted by Gasteiger charge is 2.07. The summed E-state index contributed by atoms with van der Waals surface area (Å²) >= 11 is 6.08. The van der Waals surface area contributed by atoms with Crippen molar-refractivity contribution in [3.8, 4) is 0 Å². The fourth-order valence-electron chi connectivity index (χ4n) is 1.39. The molecule has 0 unspecified atom stereocenters. The first kappa shape index (κ1) is 11.5. The number of aromatic nitrogens is 3. The highest BCUT2D eigenvalue weighted by molar-refractivity contribution is 6.30. The van der Waals surface area contributed by atoms with Gasteiger partial charge in [0.25, 0.3) is 0 Å². The molecular formula is C10H18ClN3. The van der Waals surface area contributed by atoms with Crippen molar-refractivity contribution in [2.75, 3.05) is 0 Å². The molecule has 0 aliphatic rings. The van der Waals surface area contributed by atoms with Crippen LogP contribution in [0.4, 0.5) is 0 Å². The van der Waals surface area contributed by atoms with Crippen LogP contribution in [0.25, 0.3) is 0 Å². The molecule has 0 fully saturated rings. The van der Waals surface area contributed by atoms with E-state index in [1.165, 1.54) is 19.3 Å². The van der Waals surface area contributed by atoms with E-state index in [9.17, 15) is 0 Å². The van der Waals surface area contributed by atoms with Crippen molar-refractivity contribution >= 4 is 11.6 Å². The molecule has 1 aromatic rings. The molecule has 0 aliphatic heterocycles. The van der Waals surface area contributed by atoms with Gasteiger partial charge in [0, 0.05) is 6.54 Å². The van der Waals surface area contributed by atoms with Gasteiger partial charge in [-0.05, 0) is 12.8 Å². The molecule has 0 N–H and O–H groups in total. The second-order valence-corrected chi connectivity index (χ2v) is 3.82. The van der Waals surface area contributed by atoms with Crippen LogP contribution in [0.5, 0.6) is 0 Å². The quantitative estimate of drug-likeness (QED) is 0.683. The maximum Gasteiger partial charge on any atom is 0.150 e. The number of aryl methyl sites for hydroxylation is 2. The summed E-state index contributed by atoms with van der Waals surface area (Å²) in [5, 5.41) is 8.75. The molecule has 0 radical (unpaired) electrons. The second kappa shape index (κ2) is 6.02. The van der Waals surface area contributed by atoms with Gasteiger partial charge < -0.3 is 0 Å². The van der Waals surface area contributed by atoms with E-state index >= 15 is 0 Å². The average Bonchev–Trinajstić information content (AvgIpc) is 2.55. The second-order valence-electron chi connectivity index (χ2n) is 3.46. The van der Waals surface area contributed by atoms with Gasteiger partial charge in [-0.3, -0.25) is 0 Å². The molecule has 0 aliphatic carbocycles. The lowest BCUT2D eigenvalue weighted by Gasteiger charge is -2.01. The Bertz CT molecular complexity index is 270. The summed E-state index contributed by atoms with van der Waals surface area (Å²) in [4.78, 5) is 0. The molecular weight excluding hydrogens is 198 g/mol. The predicted molar refractivity (Wildman–Crippen MR) is 58.6 cm³/mol. The van der Waals surface area contributed by atoms with E-state index in [4.69, 9.17) is 11.6 Å². The average molecular weight is 216 g/mol. The number of nitrogens with zero attached hydrogens (tertiary/aromatic N) is 3. The zero-order valence-electron chi connectivity index (χ0n) is 8.96. The van der Waals surface area contributed by atoms with Crippen molar-refractivity contribution in [2.24, 2.45) is 0 Å². The topological polar surface area (TPSA) is 30.7 Å². The van der Waals surface area contributed by atoms with Crippen LogP contribution in [0, 0.1) is 0 Å². The molecule has 1 heterocycles. The molecule has 80 valence electrons. The summed E-state index contributed by atoms with van der Waals surface area (Å²) in [7, 11) is 0. The smallest absolute Gasteiger partial charge is 0.150 e. The van der Waals surface area contributed by atoms with Gasteiger partial charge in [-0.25, -0.2) is 4.68 Å². The first-order chi connectivity index (χ1) is 6.79. The van der Waals surface area contributed by atoms with E-state index in [0.717, 1.165) is 25.1 Å².